The van der Waals surface area contributed by atoms with E-state index in [4.69, 9.17) is 15.0 Å². The minimum absolute atomic E-state index is 0.614. The van der Waals surface area contributed by atoms with E-state index in [0.29, 0.717) is 17.6 Å². The minimum atomic E-state index is 0.614. The maximum Gasteiger partial charge on any atom is 0.238 e. The molecule has 0 fully saturated rings. The highest BCUT2D eigenvalue weighted by Gasteiger charge is 2.26. The molecular formula is C41H28N4S. The zero-order valence-electron chi connectivity index (χ0n) is 25.0. The van der Waals surface area contributed by atoms with Crippen molar-refractivity contribution in [3.63, 3.8) is 0 Å². The second-order valence-corrected chi connectivity index (χ2v) is 12.7. The van der Waals surface area contributed by atoms with Crippen LogP contribution in [-0.4, -0.2) is 15.0 Å². The standard InChI is InChI=1S/C41H28N4S/c1-3-13-28(14-4-1)39-42-40(29-15-5-2-6-16-29)44-41(43-39)45-35-20-9-7-12-27(35)22-23-31-26-30(24-25-36(31)45)32-18-11-19-34-33-17-8-10-21-37(33)46-38(32)34/h1-21,24-26H,22-23H2. The molecule has 0 N–H and O–H groups in total. The van der Waals surface area contributed by atoms with Crippen molar-refractivity contribution in [2.75, 3.05) is 4.90 Å². The Bertz CT molecular complexity index is 2320. The molecule has 0 bridgehead atoms. The van der Waals surface area contributed by atoms with Crippen LogP contribution in [0.3, 0.4) is 0 Å². The quantitative estimate of drug-likeness (QED) is 0.199. The smallest absolute Gasteiger partial charge is 0.238 e. The summed E-state index contributed by atoms with van der Waals surface area (Å²) in [6, 6.07) is 51.3. The third kappa shape index (κ3) is 4.56. The fraction of sp³-hybridized carbons (Fsp3) is 0.0488. The molecule has 0 atom stereocenters. The maximum absolute atomic E-state index is 5.14. The summed E-state index contributed by atoms with van der Waals surface area (Å²) in [5, 5.41) is 2.63. The van der Waals surface area contributed by atoms with E-state index in [1.165, 1.54) is 42.4 Å². The second kappa shape index (κ2) is 11.1. The van der Waals surface area contributed by atoms with Gasteiger partial charge in [0, 0.05) is 31.3 Å². The molecule has 0 aliphatic carbocycles. The van der Waals surface area contributed by atoms with Gasteiger partial charge in [-0.05, 0) is 59.4 Å². The van der Waals surface area contributed by atoms with Crippen LogP contribution >= 0.6 is 11.3 Å². The average Bonchev–Trinajstić information content (AvgIpc) is 3.43. The van der Waals surface area contributed by atoms with Crippen LogP contribution < -0.4 is 4.90 Å². The molecule has 3 heterocycles. The van der Waals surface area contributed by atoms with E-state index in [-0.39, 0.29) is 0 Å². The summed E-state index contributed by atoms with van der Waals surface area (Å²) in [5.74, 6) is 1.92. The number of rotatable bonds is 4. The summed E-state index contributed by atoms with van der Waals surface area (Å²) in [7, 11) is 0. The van der Waals surface area contributed by atoms with Gasteiger partial charge in [0.25, 0.3) is 0 Å². The Balaban J connectivity index is 1.25. The van der Waals surface area contributed by atoms with Crippen LogP contribution in [0.15, 0.2) is 146 Å². The molecule has 218 valence electrons. The van der Waals surface area contributed by atoms with Crippen LogP contribution in [0.2, 0.25) is 0 Å². The number of thiophene rings is 1. The van der Waals surface area contributed by atoms with E-state index >= 15 is 0 Å². The Labute approximate surface area is 271 Å². The Hall–Kier alpha value is -5.65. The number of nitrogens with zero attached hydrogens (tertiary/aromatic N) is 4. The van der Waals surface area contributed by atoms with Crippen molar-refractivity contribution in [1.82, 2.24) is 15.0 Å². The Morgan fingerprint density at radius 2 is 1.11 bits per heavy atom. The molecule has 0 radical (unpaired) electrons. The van der Waals surface area contributed by atoms with Crippen LogP contribution in [0.5, 0.6) is 0 Å². The number of benzene rings is 6. The molecule has 1 aliphatic heterocycles. The minimum Gasteiger partial charge on any atom is -0.279 e. The van der Waals surface area contributed by atoms with Crippen molar-refractivity contribution in [3.05, 3.63) is 157 Å². The molecule has 0 unspecified atom stereocenters. The molecule has 0 saturated heterocycles. The Morgan fingerprint density at radius 3 is 1.89 bits per heavy atom. The lowest BCUT2D eigenvalue weighted by Gasteiger charge is -2.26. The lowest BCUT2D eigenvalue weighted by atomic mass is 9.97. The summed E-state index contributed by atoms with van der Waals surface area (Å²) in [6.45, 7) is 0. The molecule has 0 saturated carbocycles. The van der Waals surface area contributed by atoms with Crippen molar-refractivity contribution in [3.8, 4) is 33.9 Å². The molecule has 46 heavy (non-hydrogen) atoms. The second-order valence-electron chi connectivity index (χ2n) is 11.6. The van der Waals surface area contributed by atoms with E-state index in [9.17, 15) is 0 Å². The number of hydrogen-bond donors (Lipinski definition) is 0. The first kappa shape index (κ1) is 26.7. The maximum atomic E-state index is 5.14. The van der Waals surface area contributed by atoms with E-state index in [2.05, 4.69) is 114 Å². The zero-order chi connectivity index (χ0) is 30.5. The zero-order valence-corrected chi connectivity index (χ0v) is 25.8. The molecular weight excluding hydrogens is 581 g/mol. The summed E-state index contributed by atoms with van der Waals surface area (Å²) >= 11 is 1.87. The fourth-order valence-corrected chi connectivity index (χ4v) is 7.84. The van der Waals surface area contributed by atoms with Crippen molar-refractivity contribution in [2.45, 2.75) is 12.8 Å². The van der Waals surface area contributed by atoms with E-state index in [0.717, 1.165) is 35.3 Å². The van der Waals surface area contributed by atoms with Gasteiger partial charge in [-0.2, -0.15) is 9.97 Å². The third-order valence-electron chi connectivity index (χ3n) is 8.82. The van der Waals surface area contributed by atoms with Gasteiger partial charge in [-0.15, -0.1) is 11.3 Å². The van der Waals surface area contributed by atoms with Crippen molar-refractivity contribution in [1.29, 1.82) is 0 Å². The van der Waals surface area contributed by atoms with E-state index in [1.807, 2.05) is 47.7 Å². The number of para-hydroxylation sites is 1. The van der Waals surface area contributed by atoms with Gasteiger partial charge in [-0.1, -0.05) is 121 Å². The Morgan fingerprint density at radius 1 is 0.478 bits per heavy atom. The Kier molecular flexibility index (Phi) is 6.42. The largest absolute Gasteiger partial charge is 0.279 e. The summed E-state index contributed by atoms with van der Waals surface area (Å²) in [5.41, 5.74) is 9.16. The van der Waals surface area contributed by atoms with Crippen molar-refractivity contribution >= 4 is 48.8 Å². The first-order valence-electron chi connectivity index (χ1n) is 15.6. The van der Waals surface area contributed by atoms with Crippen molar-refractivity contribution < 1.29 is 0 Å². The average molecular weight is 609 g/mol. The van der Waals surface area contributed by atoms with Gasteiger partial charge in [-0.3, -0.25) is 4.90 Å². The molecule has 4 nitrogen and oxygen atoms in total. The van der Waals surface area contributed by atoms with Gasteiger partial charge < -0.3 is 0 Å². The molecule has 2 aromatic heterocycles. The molecule has 6 aromatic carbocycles. The van der Waals surface area contributed by atoms with Gasteiger partial charge in [0.15, 0.2) is 11.6 Å². The van der Waals surface area contributed by atoms with Crippen LogP contribution in [0.25, 0.3) is 54.1 Å². The molecule has 1 aliphatic rings. The SMILES string of the molecule is c1ccc(-c2nc(-c3ccccc3)nc(N3c4ccccc4CCc4cc(-c5cccc6c5sc5ccccc56)ccc43)n2)cc1. The van der Waals surface area contributed by atoms with E-state index in [1.54, 1.807) is 0 Å². The highest BCUT2D eigenvalue weighted by molar-refractivity contribution is 7.26. The van der Waals surface area contributed by atoms with E-state index < -0.39 is 0 Å². The first-order valence-corrected chi connectivity index (χ1v) is 16.4. The first-order chi connectivity index (χ1) is 22.8. The summed E-state index contributed by atoms with van der Waals surface area (Å²) < 4.78 is 2.65. The topological polar surface area (TPSA) is 41.9 Å². The van der Waals surface area contributed by atoms with Gasteiger partial charge in [0.1, 0.15) is 0 Å². The third-order valence-corrected chi connectivity index (χ3v) is 10.0. The molecule has 8 aromatic rings. The number of hydrogen-bond acceptors (Lipinski definition) is 5. The van der Waals surface area contributed by atoms with Crippen LogP contribution in [0, 0.1) is 0 Å². The highest BCUT2D eigenvalue weighted by Crippen LogP contribution is 2.44. The van der Waals surface area contributed by atoms with Crippen molar-refractivity contribution in [2.24, 2.45) is 0 Å². The number of fused-ring (bicyclic) bond motifs is 5. The van der Waals surface area contributed by atoms with Gasteiger partial charge >= 0.3 is 0 Å². The molecule has 0 spiro atoms. The molecule has 0 amide bonds. The molecule has 5 heteroatoms. The number of aryl methyl sites for hydroxylation is 2. The molecule has 9 rings (SSSR count). The van der Waals surface area contributed by atoms with Gasteiger partial charge in [-0.25, -0.2) is 4.98 Å². The summed E-state index contributed by atoms with van der Waals surface area (Å²) in [6.07, 6.45) is 1.85. The van der Waals surface area contributed by atoms with Gasteiger partial charge in [0.05, 0.1) is 11.4 Å². The van der Waals surface area contributed by atoms with Gasteiger partial charge in [0.2, 0.25) is 5.95 Å². The normalized spacial score (nSPS) is 12.6. The number of anilines is 3. The lowest BCUT2D eigenvalue weighted by molar-refractivity contribution is 0.978. The van der Waals surface area contributed by atoms with Crippen LogP contribution in [-0.2, 0) is 12.8 Å². The predicted molar refractivity (Wildman–Crippen MR) is 191 cm³/mol. The fourth-order valence-electron chi connectivity index (χ4n) is 6.60. The number of aromatic nitrogens is 3. The monoisotopic (exact) mass is 608 g/mol. The lowest BCUT2D eigenvalue weighted by Crippen LogP contribution is -2.16. The van der Waals surface area contributed by atoms with Crippen LogP contribution in [0.4, 0.5) is 17.3 Å². The van der Waals surface area contributed by atoms with Crippen LogP contribution in [0.1, 0.15) is 11.1 Å². The predicted octanol–water partition coefficient (Wildman–Crippen LogP) is 10.8. The highest BCUT2D eigenvalue weighted by atomic mass is 32.1. The summed E-state index contributed by atoms with van der Waals surface area (Å²) in [4.78, 5) is 17.5.